The summed E-state index contributed by atoms with van der Waals surface area (Å²) in [5, 5.41) is 12.6. The lowest BCUT2D eigenvalue weighted by Crippen LogP contribution is -2.32. The van der Waals surface area contributed by atoms with Crippen LogP contribution < -0.4 is 5.32 Å². The second-order valence-corrected chi connectivity index (χ2v) is 8.46. The molecule has 28 heavy (non-hydrogen) atoms. The van der Waals surface area contributed by atoms with Gasteiger partial charge in [-0.15, -0.1) is 11.3 Å². The number of carbonyl (C=O) groups is 1. The van der Waals surface area contributed by atoms with Gasteiger partial charge in [0.25, 0.3) is 0 Å². The van der Waals surface area contributed by atoms with Crippen LogP contribution in [0.25, 0.3) is 21.1 Å². The standard InChI is InChI=1S/C20H20N6OS/c1-26(2)20(27)11-3-5-14-16(8-11)28-19-17(14)18(21-10-22-19)24-13-4-6-15-12(7-13)9-23-25-15/h4,6-7,9-11H,3,5,8H2,1-2H3,(H,23,25)(H,21,22,24)/t11-/m0/s1. The van der Waals surface area contributed by atoms with E-state index in [-0.39, 0.29) is 11.8 Å². The SMILES string of the molecule is CN(C)C(=O)[C@H]1CCc2c(sc3ncnc(Nc4ccc5[nH]ncc5c4)c23)C1. The molecule has 0 radical (unpaired) electrons. The van der Waals surface area contributed by atoms with Gasteiger partial charge in [-0.2, -0.15) is 5.10 Å². The van der Waals surface area contributed by atoms with Crippen molar-refractivity contribution in [1.82, 2.24) is 25.1 Å². The highest BCUT2D eigenvalue weighted by atomic mass is 32.1. The second-order valence-electron chi connectivity index (χ2n) is 7.38. The van der Waals surface area contributed by atoms with Crippen molar-refractivity contribution in [1.29, 1.82) is 0 Å². The average molecular weight is 392 g/mol. The predicted octanol–water partition coefficient (Wildman–Crippen LogP) is 3.50. The van der Waals surface area contributed by atoms with E-state index >= 15 is 0 Å². The van der Waals surface area contributed by atoms with Crippen LogP contribution >= 0.6 is 11.3 Å². The van der Waals surface area contributed by atoms with Crippen LogP contribution in [0.2, 0.25) is 0 Å². The summed E-state index contributed by atoms with van der Waals surface area (Å²) in [5.74, 6) is 1.09. The summed E-state index contributed by atoms with van der Waals surface area (Å²) in [7, 11) is 3.65. The zero-order valence-electron chi connectivity index (χ0n) is 15.7. The van der Waals surface area contributed by atoms with Crippen molar-refractivity contribution in [2.75, 3.05) is 19.4 Å². The minimum Gasteiger partial charge on any atom is -0.349 e. The van der Waals surface area contributed by atoms with Crippen molar-refractivity contribution in [2.45, 2.75) is 19.3 Å². The number of nitrogens with one attached hydrogen (secondary N) is 2. The first-order valence-electron chi connectivity index (χ1n) is 9.26. The lowest BCUT2D eigenvalue weighted by atomic mass is 9.87. The summed E-state index contributed by atoms with van der Waals surface area (Å²) in [6.45, 7) is 0. The van der Waals surface area contributed by atoms with Gasteiger partial charge in [0.15, 0.2) is 0 Å². The van der Waals surface area contributed by atoms with E-state index in [1.54, 1.807) is 22.6 Å². The minimum atomic E-state index is 0.0587. The van der Waals surface area contributed by atoms with Gasteiger partial charge >= 0.3 is 0 Å². The first-order valence-corrected chi connectivity index (χ1v) is 10.1. The Morgan fingerprint density at radius 3 is 3.07 bits per heavy atom. The van der Waals surface area contributed by atoms with E-state index < -0.39 is 0 Å². The van der Waals surface area contributed by atoms with E-state index in [0.717, 1.165) is 51.9 Å². The number of hydrogen-bond donors (Lipinski definition) is 2. The zero-order chi connectivity index (χ0) is 19.3. The molecule has 1 aliphatic rings. The van der Waals surface area contributed by atoms with Crippen LogP contribution in [0.5, 0.6) is 0 Å². The predicted molar refractivity (Wildman–Crippen MR) is 111 cm³/mol. The topological polar surface area (TPSA) is 86.8 Å². The van der Waals surface area contributed by atoms with Crippen molar-refractivity contribution in [3.05, 3.63) is 41.2 Å². The summed E-state index contributed by atoms with van der Waals surface area (Å²) in [6.07, 6.45) is 5.94. The Labute approximate surface area is 165 Å². The number of amides is 1. The number of nitrogens with zero attached hydrogens (tertiary/aromatic N) is 4. The molecule has 0 fully saturated rings. The molecule has 2 N–H and O–H groups in total. The van der Waals surface area contributed by atoms with E-state index in [9.17, 15) is 4.79 Å². The number of anilines is 2. The lowest BCUT2D eigenvalue weighted by Gasteiger charge is -2.24. The molecule has 5 rings (SSSR count). The first-order chi connectivity index (χ1) is 13.6. The second kappa shape index (κ2) is 6.56. The van der Waals surface area contributed by atoms with Crippen molar-refractivity contribution in [3.63, 3.8) is 0 Å². The summed E-state index contributed by atoms with van der Waals surface area (Å²) in [6, 6.07) is 6.07. The van der Waals surface area contributed by atoms with E-state index in [0.29, 0.717) is 0 Å². The van der Waals surface area contributed by atoms with Crippen LogP contribution in [0.15, 0.2) is 30.7 Å². The Morgan fingerprint density at radius 1 is 1.32 bits per heavy atom. The van der Waals surface area contributed by atoms with Gasteiger partial charge in [-0.25, -0.2) is 9.97 Å². The van der Waals surface area contributed by atoms with Gasteiger partial charge in [0, 0.05) is 36.0 Å². The Morgan fingerprint density at radius 2 is 2.21 bits per heavy atom. The highest BCUT2D eigenvalue weighted by molar-refractivity contribution is 7.19. The maximum absolute atomic E-state index is 12.4. The summed E-state index contributed by atoms with van der Waals surface area (Å²) in [5.41, 5.74) is 3.25. The maximum atomic E-state index is 12.4. The van der Waals surface area contributed by atoms with Crippen LogP contribution in [0.1, 0.15) is 16.9 Å². The smallest absolute Gasteiger partial charge is 0.225 e. The summed E-state index contributed by atoms with van der Waals surface area (Å²) < 4.78 is 0. The minimum absolute atomic E-state index is 0.0587. The maximum Gasteiger partial charge on any atom is 0.225 e. The molecule has 1 aliphatic carbocycles. The molecule has 0 saturated carbocycles. The number of carbonyl (C=O) groups excluding carboxylic acids is 1. The van der Waals surface area contributed by atoms with Gasteiger partial charge in [-0.1, -0.05) is 0 Å². The molecule has 4 aromatic rings. The van der Waals surface area contributed by atoms with Gasteiger partial charge < -0.3 is 10.2 Å². The monoisotopic (exact) mass is 392 g/mol. The molecule has 0 aliphatic heterocycles. The van der Waals surface area contributed by atoms with Crippen molar-refractivity contribution in [2.24, 2.45) is 5.92 Å². The number of aromatic nitrogens is 4. The number of benzene rings is 1. The van der Waals surface area contributed by atoms with Gasteiger partial charge in [0.2, 0.25) is 5.91 Å². The fraction of sp³-hybridized carbons (Fsp3) is 0.300. The molecular formula is C20H20N6OS. The normalized spacial score (nSPS) is 16.3. The van der Waals surface area contributed by atoms with Gasteiger partial charge in [0.1, 0.15) is 17.0 Å². The van der Waals surface area contributed by atoms with Crippen LogP contribution in [-0.2, 0) is 17.6 Å². The van der Waals surface area contributed by atoms with Gasteiger partial charge in [-0.05, 0) is 43.0 Å². The molecule has 142 valence electrons. The number of aryl methyl sites for hydroxylation is 1. The number of H-pyrrole nitrogens is 1. The molecular weight excluding hydrogens is 372 g/mol. The molecule has 3 heterocycles. The molecule has 3 aromatic heterocycles. The highest BCUT2D eigenvalue weighted by Gasteiger charge is 2.29. The Bertz CT molecular complexity index is 1190. The van der Waals surface area contributed by atoms with Crippen LogP contribution in [0.4, 0.5) is 11.5 Å². The fourth-order valence-corrected chi connectivity index (χ4v) is 5.21. The van der Waals surface area contributed by atoms with Crippen LogP contribution in [-0.4, -0.2) is 45.1 Å². The molecule has 0 saturated heterocycles. The van der Waals surface area contributed by atoms with Gasteiger partial charge in [0.05, 0.1) is 17.1 Å². The van der Waals surface area contributed by atoms with Crippen molar-refractivity contribution < 1.29 is 4.79 Å². The molecule has 0 unspecified atom stereocenters. The van der Waals surface area contributed by atoms with Crippen molar-refractivity contribution in [3.8, 4) is 0 Å². The number of rotatable bonds is 3. The largest absolute Gasteiger partial charge is 0.349 e. The Hall–Kier alpha value is -3.00. The number of hydrogen-bond acceptors (Lipinski definition) is 6. The van der Waals surface area contributed by atoms with Crippen LogP contribution in [0, 0.1) is 5.92 Å². The van der Waals surface area contributed by atoms with E-state index in [2.05, 4.69) is 31.5 Å². The molecule has 0 bridgehead atoms. The fourth-order valence-electron chi connectivity index (χ4n) is 3.94. The highest BCUT2D eigenvalue weighted by Crippen LogP contribution is 2.40. The van der Waals surface area contributed by atoms with E-state index in [4.69, 9.17) is 0 Å². The quantitative estimate of drug-likeness (QED) is 0.557. The zero-order valence-corrected chi connectivity index (χ0v) is 16.5. The molecule has 1 atom stereocenters. The molecule has 1 amide bonds. The number of aromatic amines is 1. The molecule has 1 aromatic carbocycles. The molecule has 0 spiro atoms. The molecule has 7 nitrogen and oxygen atoms in total. The molecule has 8 heteroatoms. The lowest BCUT2D eigenvalue weighted by molar-refractivity contribution is -0.133. The summed E-state index contributed by atoms with van der Waals surface area (Å²) in [4.78, 5) is 25.3. The van der Waals surface area contributed by atoms with Crippen LogP contribution in [0.3, 0.4) is 0 Å². The first kappa shape index (κ1) is 17.1. The third-order valence-corrected chi connectivity index (χ3v) is 6.50. The van der Waals surface area contributed by atoms with Crippen molar-refractivity contribution >= 4 is 49.9 Å². The van der Waals surface area contributed by atoms with E-state index in [1.165, 1.54) is 10.4 Å². The summed E-state index contributed by atoms with van der Waals surface area (Å²) >= 11 is 1.68. The third-order valence-electron chi connectivity index (χ3n) is 5.34. The number of thiophene rings is 1. The Kier molecular flexibility index (Phi) is 4.01. The Balaban J connectivity index is 1.52. The third kappa shape index (κ3) is 2.80. The number of fused-ring (bicyclic) bond motifs is 4. The van der Waals surface area contributed by atoms with E-state index in [1.807, 2.05) is 32.4 Å². The van der Waals surface area contributed by atoms with Gasteiger partial charge in [-0.3, -0.25) is 9.89 Å². The average Bonchev–Trinajstić information content (AvgIpc) is 3.30.